The lowest BCUT2D eigenvalue weighted by Gasteiger charge is -2.29. The van der Waals surface area contributed by atoms with Crippen LogP contribution < -0.4 is 5.32 Å². The van der Waals surface area contributed by atoms with Gasteiger partial charge in [-0.15, -0.1) is 11.3 Å². The molecule has 2 heterocycles. The lowest BCUT2D eigenvalue weighted by atomic mass is 9.90. The van der Waals surface area contributed by atoms with Crippen molar-refractivity contribution in [1.29, 1.82) is 0 Å². The maximum atomic E-state index is 5.47. The van der Waals surface area contributed by atoms with Crippen LogP contribution in [0.3, 0.4) is 0 Å². The van der Waals surface area contributed by atoms with Gasteiger partial charge in [-0.1, -0.05) is 0 Å². The van der Waals surface area contributed by atoms with Gasteiger partial charge in [0.1, 0.15) is 0 Å². The fourth-order valence-electron chi connectivity index (χ4n) is 3.16. The van der Waals surface area contributed by atoms with Gasteiger partial charge < -0.3 is 10.1 Å². The Bertz CT molecular complexity index is 360. The molecule has 1 aromatic rings. The molecule has 1 unspecified atom stereocenters. The highest BCUT2D eigenvalue weighted by molar-refractivity contribution is 7.12. The van der Waals surface area contributed by atoms with Crippen molar-refractivity contribution in [3.63, 3.8) is 0 Å². The van der Waals surface area contributed by atoms with Crippen molar-refractivity contribution in [3.05, 3.63) is 21.4 Å². The van der Waals surface area contributed by atoms with Gasteiger partial charge in [0.05, 0.1) is 0 Å². The number of nitrogens with one attached hydrogen (secondary N) is 1. The average Bonchev–Trinajstić information content (AvgIpc) is 2.92. The van der Waals surface area contributed by atoms with E-state index < -0.39 is 0 Å². The van der Waals surface area contributed by atoms with Gasteiger partial charge in [-0.3, -0.25) is 0 Å². The Kier molecular flexibility index (Phi) is 3.50. The molecule has 3 heteroatoms. The predicted octanol–water partition coefficient (Wildman–Crippen LogP) is 2.92. The number of ether oxygens (including phenoxy) is 1. The van der Waals surface area contributed by atoms with E-state index >= 15 is 0 Å². The van der Waals surface area contributed by atoms with Gasteiger partial charge in [-0.05, 0) is 56.7 Å². The van der Waals surface area contributed by atoms with Crippen molar-refractivity contribution in [2.24, 2.45) is 5.92 Å². The monoisotopic (exact) mass is 251 g/mol. The zero-order valence-corrected chi connectivity index (χ0v) is 11.3. The molecule has 3 rings (SSSR count). The second-order valence-electron chi connectivity index (χ2n) is 5.17. The zero-order valence-electron chi connectivity index (χ0n) is 10.5. The Labute approximate surface area is 107 Å². The summed E-state index contributed by atoms with van der Waals surface area (Å²) < 4.78 is 5.47. The van der Waals surface area contributed by atoms with Gasteiger partial charge in [0, 0.05) is 29.0 Å². The smallest absolute Gasteiger partial charge is 0.0469 e. The fourth-order valence-corrected chi connectivity index (χ4v) is 4.63. The van der Waals surface area contributed by atoms with E-state index in [2.05, 4.69) is 18.4 Å². The third-order valence-electron chi connectivity index (χ3n) is 4.12. The van der Waals surface area contributed by atoms with Gasteiger partial charge >= 0.3 is 0 Å². The molecular weight excluding hydrogens is 230 g/mol. The lowest BCUT2D eigenvalue weighted by molar-refractivity contribution is 0.0550. The first kappa shape index (κ1) is 11.7. The minimum atomic E-state index is 0.550. The third-order valence-corrected chi connectivity index (χ3v) is 5.44. The van der Waals surface area contributed by atoms with Crippen molar-refractivity contribution in [1.82, 2.24) is 5.32 Å². The van der Waals surface area contributed by atoms with Crippen LogP contribution >= 0.6 is 11.3 Å². The van der Waals surface area contributed by atoms with E-state index in [9.17, 15) is 0 Å². The number of aryl methyl sites for hydroxylation is 2. The zero-order chi connectivity index (χ0) is 11.7. The van der Waals surface area contributed by atoms with E-state index in [0.717, 1.165) is 19.1 Å². The topological polar surface area (TPSA) is 21.3 Å². The highest BCUT2D eigenvalue weighted by Gasteiger charge is 2.27. The Balaban J connectivity index is 1.78. The number of hydrogen-bond donors (Lipinski definition) is 1. The Morgan fingerprint density at radius 1 is 1.35 bits per heavy atom. The van der Waals surface area contributed by atoms with Crippen LogP contribution in [0.25, 0.3) is 0 Å². The van der Waals surface area contributed by atoms with E-state index in [1.807, 2.05) is 11.3 Å². The molecule has 0 aromatic carbocycles. The maximum Gasteiger partial charge on any atom is 0.0469 e. The van der Waals surface area contributed by atoms with Gasteiger partial charge in [-0.2, -0.15) is 0 Å². The summed E-state index contributed by atoms with van der Waals surface area (Å²) in [7, 11) is 2.10. The summed E-state index contributed by atoms with van der Waals surface area (Å²) in [6, 6.07) is 3.01. The molecule has 1 aliphatic carbocycles. The number of fused-ring (bicyclic) bond motifs is 1. The molecule has 1 saturated heterocycles. The molecule has 1 aromatic heterocycles. The Hall–Kier alpha value is -0.380. The quantitative estimate of drug-likeness (QED) is 0.892. The van der Waals surface area contributed by atoms with Gasteiger partial charge in [0.15, 0.2) is 0 Å². The van der Waals surface area contributed by atoms with Crippen molar-refractivity contribution in [3.8, 4) is 0 Å². The molecule has 0 radical (unpaired) electrons. The van der Waals surface area contributed by atoms with E-state index in [4.69, 9.17) is 4.74 Å². The fraction of sp³-hybridized carbons (Fsp3) is 0.714. The molecule has 2 aliphatic rings. The molecule has 0 amide bonds. The Morgan fingerprint density at radius 3 is 2.88 bits per heavy atom. The SMILES string of the molecule is CNC(c1cc2c(s1)CCC2)C1CCOCC1. The first-order valence-electron chi connectivity index (χ1n) is 6.75. The number of rotatable bonds is 3. The summed E-state index contributed by atoms with van der Waals surface area (Å²) in [6.07, 6.45) is 6.38. The number of hydrogen-bond acceptors (Lipinski definition) is 3. The first-order valence-corrected chi connectivity index (χ1v) is 7.56. The van der Waals surface area contributed by atoms with Gasteiger partial charge in [0.25, 0.3) is 0 Å². The van der Waals surface area contributed by atoms with Crippen LogP contribution in [0, 0.1) is 5.92 Å². The molecule has 1 atom stereocenters. The van der Waals surface area contributed by atoms with E-state index in [-0.39, 0.29) is 0 Å². The third kappa shape index (κ3) is 2.28. The molecule has 1 aliphatic heterocycles. The summed E-state index contributed by atoms with van der Waals surface area (Å²) in [4.78, 5) is 3.21. The standard InChI is InChI=1S/C14H21NOS/c1-15-14(10-5-7-16-8-6-10)13-9-11-3-2-4-12(11)17-13/h9-10,14-15H,2-8H2,1H3. The van der Waals surface area contributed by atoms with Crippen LogP contribution in [0.2, 0.25) is 0 Å². The Morgan fingerprint density at radius 2 is 2.18 bits per heavy atom. The van der Waals surface area contributed by atoms with Crippen LogP contribution in [0.1, 0.15) is 40.6 Å². The normalized spacial score (nSPS) is 22.6. The molecule has 0 saturated carbocycles. The van der Waals surface area contributed by atoms with Crippen molar-refractivity contribution >= 4 is 11.3 Å². The largest absolute Gasteiger partial charge is 0.381 e. The minimum Gasteiger partial charge on any atom is -0.381 e. The molecule has 1 fully saturated rings. The van der Waals surface area contributed by atoms with Crippen LogP contribution in [-0.2, 0) is 17.6 Å². The minimum absolute atomic E-state index is 0.550. The maximum absolute atomic E-state index is 5.47. The van der Waals surface area contributed by atoms with E-state index in [1.54, 1.807) is 15.3 Å². The summed E-state index contributed by atoms with van der Waals surface area (Å²) in [5, 5.41) is 3.53. The number of thiophene rings is 1. The highest BCUT2D eigenvalue weighted by atomic mass is 32.1. The molecule has 0 spiro atoms. The molecule has 17 heavy (non-hydrogen) atoms. The lowest BCUT2D eigenvalue weighted by Crippen LogP contribution is -2.29. The van der Waals surface area contributed by atoms with E-state index in [1.165, 1.54) is 32.1 Å². The van der Waals surface area contributed by atoms with Crippen LogP contribution in [0.5, 0.6) is 0 Å². The average molecular weight is 251 g/mol. The highest BCUT2D eigenvalue weighted by Crippen LogP contribution is 2.38. The van der Waals surface area contributed by atoms with Crippen LogP contribution in [0.4, 0.5) is 0 Å². The summed E-state index contributed by atoms with van der Waals surface area (Å²) in [5.41, 5.74) is 1.62. The second-order valence-corrected chi connectivity index (χ2v) is 6.34. The molecular formula is C14H21NOS. The molecule has 94 valence electrons. The van der Waals surface area contributed by atoms with Crippen molar-refractivity contribution in [2.75, 3.05) is 20.3 Å². The van der Waals surface area contributed by atoms with E-state index in [0.29, 0.717) is 6.04 Å². The van der Waals surface area contributed by atoms with Gasteiger partial charge in [-0.25, -0.2) is 0 Å². The summed E-state index contributed by atoms with van der Waals surface area (Å²) in [5.74, 6) is 0.757. The summed E-state index contributed by atoms with van der Waals surface area (Å²) in [6.45, 7) is 1.88. The van der Waals surface area contributed by atoms with Crippen molar-refractivity contribution in [2.45, 2.75) is 38.1 Å². The predicted molar refractivity (Wildman–Crippen MR) is 71.7 cm³/mol. The van der Waals surface area contributed by atoms with Crippen LogP contribution in [0.15, 0.2) is 6.07 Å². The van der Waals surface area contributed by atoms with Gasteiger partial charge in [0.2, 0.25) is 0 Å². The molecule has 0 bridgehead atoms. The molecule has 1 N–H and O–H groups in total. The van der Waals surface area contributed by atoms with Crippen LogP contribution in [-0.4, -0.2) is 20.3 Å². The second kappa shape index (κ2) is 5.09. The first-order chi connectivity index (χ1) is 8.38. The summed E-state index contributed by atoms with van der Waals surface area (Å²) >= 11 is 2.05. The van der Waals surface area contributed by atoms with Crippen molar-refractivity contribution < 1.29 is 4.74 Å². The molecule has 2 nitrogen and oxygen atoms in total.